The smallest absolute Gasteiger partial charge is 0.330 e. The highest BCUT2D eigenvalue weighted by Gasteiger charge is 1.99. The molecule has 1 aromatic heterocycles. The Morgan fingerprint density at radius 1 is 1.38 bits per heavy atom. The Morgan fingerprint density at radius 3 is 2.62 bits per heavy atom. The van der Waals surface area contributed by atoms with Crippen LogP contribution in [-0.4, -0.2) is 21.7 Å². The summed E-state index contributed by atoms with van der Waals surface area (Å²) in [4.78, 5) is 22.6. The van der Waals surface area contributed by atoms with Crippen molar-refractivity contribution in [3.05, 3.63) is 35.0 Å². The molecule has 0 aromatic carbocycles. The van der Waals surface area contributed by atoms with Crippen molar-refractivity contribution in [2.45, 2.75) is 26.9 Å². The lowest BCUT2D eigenvalue weighted by atomic mass is 10.5. The molecule has 1 rings (SSSR count). The molecule has 5 nitrogen and oxygen atoms in total. The van der Waals surface area contributed by atoms with E-state index in [0.717, 1.165) is 0 Å². The average molecular weight is 224 g/mol. The highest BCUT2D eigenvalue weighted by atomic mass is 16.5. The number of imidazole rings is 1. The largest absolute Gasteiger partial charge is 0.463 e. The summed E-state index contributed by atoms with van der Waals surface area (Å²) in [5.41, 5.74) is -0.0731. The number of aromatic nitrogens is 2. The lowest BCUT2D eigenvalue weighted by Crippen LogP contribution is -2.23. The molecule has 0 N–H and O–H groups in total. The van der Waals surface area contributed by atoms with Crippen molar-refractivity contribution in [2.24, 2.45) is 0 Å². The Balaban J connectivity index is 2.58. The standard InChI is InChI=1S/C11H16N2O3/c1-3-12-8-9-13(11(12)15)7-5-6-10(14)16-4-2/h5-6,8-9H,3-4,7H2,1-2H3/b6-5+. The quantitative estimate of drug-likeness (QED) is 0.549. The second-order valence-electron chi connectivity index (χ2n) is 3.17. The van der Waals surface area contributed by atoms with Gasteiger partial charge >= 0.3 is 11.7 Å². The molecule has 0 aliphatic rings. The number of esters is 1. The fraction of sp³-hybridized carbons (Fsp3) is 0.455. The van der Waals surface area contributed by atoms with Crippen LogP contribution in [0.25, 0.3) is 0 Å². The zero-order valence-corrected chi connectivity index (χ0v) is 9.55. The minimum atomic E-state index is -0.384. The van der Waals surface area contributed by atoms with Gasteiger partial charge in [-0.15, -0.1) is 0 Å². The van der Waals surface area contributed by atoms with E-state index < -0.39 is 0 Å². The number of aryl methyl sites for hydroxylation is 1. The Morgan fingerprint density at radius 2 is 2.06 bits per heavy atom. The molecule has 0 atom stereocenters. The molecule has 0 aliphatic carbocycles. The average Bonchev–Trinajstić information content (AvgIpc) is 2.60. The van der Waals surface area contributed by atoms with Crippen LogP contribution in [0.15, 0.2) is 29.3 Å². The van der Waals surface area contributed by atoms with Gasteiger partial charge in [0.2, 0.25) is 0 Å². The van der Waals surface area contributed by atoms with Gasteiger partial charge in [-0.3, -0.25) is 9.13 Å². The van der Waals surface area contributed by atoms with Crippen molar-refractivity contribution >= 4 is 5.97 Å². The molecule has 0 bridgehead atoms. The molecule has 0 saturated carbocycles. The lowest BCUT2D eigenvalue weighted by molar-refractivity contribution is -0.137. The van der Waals surface area contributed by atoms with Gasteiger partial charge in [0.15, 0.2) is 0 Å². The molecule has 1 heterocycles. The highest BCUT2D eigenvalue weighted by molar-refractivity contribution is 5.81. The number of rotatable bonds is 5. The second-order valence-corrected chi connectivity index (χ2v) is 3.17. The maximum atomic E-state index is 11.6. The molecule has 0 fully saturated rings. The number of carbonyl (C=O) groups excluding carboxylic acids is 1. The second kappa shape index (κ2) is 5.95. The van der Waals surface area contributed by atoms with E-state index in [1.54, 1.807) is 30.0 Å². The zero-order chi connectivity index (χ0) is 12.0. The van der Waals surface area contributed by atoms with Crippen LogP contribution in [-0.2, 0) is 22.6 Å². The van der Waals surface area contributed by atoms with Gasteiger partial charge in [-0.25, -0.2) is 9.59 Å². The number of hydrogen-bond donors (Lipinski definition) is 0. The van der Waals surface area contributed by atoms with E-state index >= 15 is 0 Å². The summed E-state index contributed by atoms with van der Waals surface area (Å²) in [6.45, 7) is 5.03. The number of nitrogens with zero attached hydrogens (tertiary/aromatic N) is 2. The van der Waals surface area contributed by atoms with E-state index in [9.17, 15) is 9.59 Å². The SMILES string of the molecule is CCOC(=O)/C=C/Cn1ccn(CC)c1=O. The first kappa shape index (κ1) is 12.3. The van der Waals surface area contributed by atoms with Gasteiger partial charge in [-0.05, 0) is 13.8 Å². The number of hydrogen-bond acceptors (Lipinski definition) is 3. The molecular formula is C11H16N2O3. The van der Waals surface area contributed by atoms with Gasteiger partial charge in [-0.2, -0.15) is 0 Å². The van der Waals surface area contributed by atoms with Crippen molar-refractivity contribution in [1.29, 1.82) is 0 Å². The molecule has 0 spiro atoms. The normalized spacial score (nSPS) is 10.9. The van der Waals surface area contributed by atoms with Crippen molar-refractivity contribution in [3.63, 3.8) is 0 Å². The van der Waals surface area contributed by atoms with Gasteiger partial charge in [0.05, 0.1) is 6.61 Å². The summed E-state index contributed by atoms with van der Waals surface area (Å²) in [5.74, 6) is -0.384. The first-order valence-corrected chi connectivity index (χ1v) is 5.27. The summed E-state index contributed by atoms with van der Waals surface area (Å²) < 4.78 is 7.84. The third-order valence-electron chi connectivity index (χ3n) is 2.10. The summed E-state index contributed by atoms with van der Waals surface area (Å²) in [6, 6.07) is 0. The Labute approximate surface area is 93.9 Å². The minimum Gasteiger partial charge on any atom is -0.463 e. The summed E-state index contributed by atoms with van der Waals surface area (Å²) in [5, 5.41) is 0. The third kappa shape index (κ3) is 3.12. The van der Waals surface area contributed by atoms with Crippen LogP contribution in [0.3, 0.4) is 0 Å². The van der Waals surface area contributed by atoms with E-state index in [0.29, 0.717) is 19.7 Å². The summed E-state index contributed by atoms with van der Waals surface area (Å²) in [6.07, 6.45) is 6.36. The van der Waals surface area contributed by atoms with Gasteiger partial charge < -0.3 is 4.74 Å². The number of carbonyl (C=O) groups is 1. The van der Waals surface area contributed by atoms with Crippen LogP contribution >= 0.6 is 0 Å². The van der Waals surface area contributed by atoms with Gasteiger partial charge in [0, 0.05) is 31.6 Å². The molecule has 1 aromatic rings. The van der Waals surface area contributed by atoms with Crippen molar-refractivity contribution in [1.82, 2.24) is 9.13 Å². The molecule has 0 aliphatic heterocycles. The van der Waals surface area contributed by atoms with Crippen molar-refractivity contribution < 1.29 is 9.53 Å². The van der Waals surface area contributed by atoms with Crippen LogP contribution < -0.4 is 5.69 Å². The van der Waals surface area contributed by atoms with E-state index in [1.807, 2.05) is 6.92 Å². The summed E-state index contributed by atoms with van der Waals surface area (Å²) in [7, 11) is 0. The Bertz CT molecular complexity index is 429. The van der Waals surface area contributed by atoms with Crippen molar-refractivity contribution in [3.8, 4) is 0 Å². The molecule has 0 radical (unpaired) electrons. The maximum Gasteiger partial charge on any atom is 0.330 e. The molecule has 5 heteroatoms. The van der Waals surface area contributed by atoms with E-state index in [4.69, 9.17) is 4.74 Å². The topological polar surface area (TPSA) is 53.2 Å². The van der Waals surface area contributed by atoms with Crippen LogP contribution in [0, 0.1) is 0 Å². The molecule has 16 heavy (non-hydrogen) atoms. The third-order valence-corrected chi connectivity index (χ3v) is 2.10. The monoisotopic (exact) mass is 224 g/mol. The van der Waals surface area contributed by atoms with Crippen molar-refractivity contribution in [2.75, 3.05) is 6.61 Å². The fourth-order valence-corrected chi connectivity index (χ4v) is 1.29. The first-order valence-electron chi connectivity index (χ1n) is 5.27. The van der Waals surface area contributed by atoms with E-state index in [1.165, 1.54) is 10.6 Å². The molecule has 0 amide bonds. The van der Waals surface area contributed by atoms with E-state index in [-0.39, 0.29) is 11.7 Å². The van der Waals surface area contributed by atoms with E-state index in [2.05, 4.69) is 0 Å². The number of ether oxygens (including phenoxy) is 1. The first-order chi connectivity index (χ1) is 7.69. The minimum absolute atomic E-state index is 0.0731. The number of allylic oxidation sites excluding steroid dienone is 1. The summed E-state index contributed by atoms with van der Waals surface area (Å²) >= 11 is 0. The van der Waals surface area contributed by atoms with Gasteiger partial charge in [-0.1, -0.05) is 6.08 Å². The van der Waals surface area contributed by atoms with Crippen LogP contribution in [0.4, 0.5) is 0 Å². The lowest BCUT2D eigenvalue weighted by Gasteiger charge is -1.96. The molecule has 0 unspecified atom stereocenters. The maximum absolute atomic E-state index is 11.6. The van der Waals surface area contributed by atoms with Crippen LogP contribution in [0.2, 0.25) is 0 Å². The zero-order valence-electron chi connectivity index (χ0n) is 9.55. The predicted octanol–water partition coefficient (Wildman–Crippen LogP) is 0.789. The Kier molecular flexibility index (Phi) is 4.57. The highest BCUT2D eigenvalue weighted by Crippen LogP contribution is 1.88. The molecule has 0 saturated heterocycles. The Hall–Kier alpha value is -1.78. The van der Waals surface area contributed by atoms with Gasteiger partial charge in [0.1, 0.15) is 0 Å². The van der Waals surface area contributed by atoms with Crippen LogP contribution in [0.5, 0.6) is 0 Å². The molecular weight excluding hydrogens is 208 g/mol. The van der Waals surface area contributed by atoms with Crippen LogP contribution in [0.1, 0.15) is 13.8 Å². The fourth-order valence-electron chi connectivity index (χ4n) is 1.29. The predicted molar refractivity (Wildman–Crippen MR) is 60.1 cm³/mol. The van der Waals surface area contributed by atoms with Gasteiger partial charge in [0.25, 0.3) is 0 Å². The molecule has 88 valence electrons.